The number of nitrogens with zero attached hydrogens (tertiary/aromatic N) is 1. The predicted octanol–water partition coefficient (Wildman–Crippen LogP) is 3.91. The second kappa shape index (κ2) is 6.44. The first-order valence-electron chi connectivity index (χ1n) is 7.21. The highest BCUT2D eigenvalue weighted by Gasteiger charge is 2.32. The Balaban J connectivity index is 2.39. The summed E-state index contributed by atoms with van der Waals surface area (Å²) >= 11 is 1.59. The molecule has 108 valence electrons. The standard InChI is InChI=1S/C16H21NO2S/c1-4-6-9-17-13-8-7-12(11(3)18)10-15(13)20-14(5-2)16(17)19/h7-8,10,14H,4-6,9H2,1-3H3. The number of unbranched alkanes of at least 4 members (excludes halogenated alkanes) is 1. The summed E-state index contributed by atoms with van der Waals surface area (Å²) in [6, 6.07) is 5.66. The lowest BCUT2D eigenvalue weighted by Gasteiger charge is -2.33. The third kappa shape index (κ3) is 2.90. The van der Waals surface area contributed by atoms with Crippen molar-refractivity contribution in [2.24, 2.45) is 0 Å². The fourth-order valence-corrected chi connectivity index (χ4v) is 3.55. The van der Waals surface area contributed by atoms with Crippen LogP contribution < -0.4 is 4.90 Å². The molecule has 1 aliphatic rings. The van der Waals surface area contributed by atoms with Crippen LogP contribution in [0.5, 0.6) is 0 Å². The predicted molar refractivity (Wildman–Crippen MR) is 83.6 cm³/mol. The highest BCUT2D eigenvalue weighted by Crippen LogP contribution is 2.41. The van der Waals surface area contributed by atoms with Gasteiger partial charge in [0, 0.05) is 17.0 Å². The molecular formula is C16H21NO2S. The Morgan fingerprint density at radius 2 is 2.10 bits per heavy atom. The molecule has 0 fully saturated rings. The first-order chi connectivity index (χ1) is 9.58. The van der Waals surface area contributed by atoms with Gasteiger partial charge in [-0.3, -0.25) is 9.59 Å². The largest absolute Gasteiger partial charge is 0.310 e. The molecule has 20 heavy (non-hydrogen) atoms. The van der Waals surface area contributed by atoms with Crippen molar-refractivity contribution in [3.63, 3.8) is 0 Å². The average molecular weight is 291 g/mol. The van der Waals surface area contributed by atoms with Gasteiger partial charge in [-0.05, 0) is 38.0 Å². The summed E-state index contributed by atoms with van der Waals surface area (Å²) in [5.41, 5.74) is 1.68. The van der Waals surface area contributed by atoms with Gasteiger partial charge in [0.2, 0.25) is 5.91 Å². The van der Waals surface area contributed by atoms with Gasteiger partial charge >= 0.3 is 0 Å². The Kier molecular flexibility index (Phi) is 4.86. The fourth-order valence-electron chi connectivity index (χ4n) is 2.35. The van der Waals surface area contributed by atoms with Crippen molar-refractivity contribution in [2.75, 3.05) is 11.4 Å². The first-order valence-corrected chi connectivity index (χ1v) is 8.09. The quantitative estimate of drug-likeness (QED) is 0.772. The van der Waals surface area contributed by atoms with Crippen molar-refractivity contribution in [1.82, 2.24) is 0 Å². The summed E-state index contributed by atoms with van der Waals surface area (Å²) in [6.07, 6.45) is 2.88. The summed E-state index contributed by atoms with van der Waals surface area (Å²) < 4.78 is 0. The van der Waals surface area contributed by atoms with E-state index < -0.39 is 0 Å². The average Bonchev–Trinajstić information content (AvgIpc) is 2.45. The maximum atomic E-state index is 12.5. The Bertz CT molecular complexity index is 527. The summed E-state index contributed by atoms with van der Waals surface area (Å²) in [4.78, 5) is 26.9. The van der Waals surface area contributed by atoms with Crippen molar-refractivity contribution >= 4 is 29.1 Å². The number of ketones is 1. The number of benzene rings is 1. The van der Waals surface area contributed by atoms with Gasteiger partial charge in [-0.2, -0.15) is 0 Å². The zero-order chi connectivity index (χ0) is 14.7. The van der Waals surface area contributed by atoms with Gasteiger partial charge in [-0.15, -0.1) is 11.8 Å². The van der Waals surface area contributed by atoms with Crippen LogP contribution >= 0.6 is 11.8 Å². The van der Waals surface area contributed by atoms with E-state index in [0.29, 0.717) is 0 Å². The minimum atomic E-state index is -0.0263. The third-order valence-corrected chi connectivity index (χ3v) is 4.97. The summed E-state index contributed by atoms with van der Waals surface area (Å²) in [5.74, 6) is 0.271. The number of carbonyl (C=O) groups is 2. The number of hydrogen-bond acceptors (Lipinski definition) is 3. The second-order valence-corrected chi connectivity index (χ2v) is 6.34. The highest BCUT2D eigenvalue weighted by atomic mass is 32.2. The van der Waals surface area contributed by atoms with Crippen LogP contribution in [-0.4, -0.2) is 23.5 Å². The molecule has 0 aliphatic carbocycles. The monoisotopic (exact) mass is 291 g/mol. The van der Waals surface area contributed by atoms with Gasteiger partial charge in [-0.25, -0.2) is 0 Å². The Morgan fingerprint density at radius 1 is 1.35 bits per heavy atom. The van der Waals surface area contributed by atoms with Gasteiger partial charge in [0.05, 0.1) is 10.9 Å². The van der Waals surface area contributed by atoms with E-state index >= 15 is 0 Å². The van der Waals surface area contributed by atoms with Crippen molar-refractivity contribution in [3.05, 3.63) is 23.8 Å². The zero-order valence-corrected chi connectivity index (χ0v) is 13.1. The molecule has 1 unspecified atom stereocenters. The van der Waals surface area contributed by atoms with Crippen molar-refractivity contribution in [2.45, 2.75) is 50.2 Å². The molecule has 3 nitrogen and oxygen atoms in total. The van der Waals surface area contributed by atoms with Gasteiger partial charge < -0.3 is 4.90 Å². The number of thioether (sulfide) groups is 1. The van der Waals surface area contributed by atoms with Crippen molar-refractivity contribution in [3.8, 4) is 0 Å². The molecule has 0 N–H and O–H groups in total. The van der Waals surface area contributed by atoms with E-state index in [1.807, 2.05) is 30.0 Å². The van der Waals surface area contributed by atoms with Gasteiger partial charge in [0.1, 0.15) is 0 Å². The van der Waals surface area contributed by atoms with Gasteiger partial charge in [-0.1, -0.05) is 20.3 Å². The van der Waals surface area contributed by atoms with E-state index in [9.17, 15) is 9.59 Å². The fraction of sp³-hybridized carbons (Fsp3) is 0.500. The molecule has 1 heterocycles. The molecule has 1 aromatic rings. The van der Waals surface area contributed by atoms with Gasteiger partial charge in [0.15, 0.2) is 5.78 Å². The van der Waals surface area contributed by atoms with E-state index in [-0.39, 0.29) is 16.9 Å². The molecule has 1 amide bonds. The smallest absolute Gasteiger partial charge is 0.240 e. The van der Waals surface area contributed by atoms with Crippen LogP contribution in [0, 0.1) is 0 Å². The Hall–Kier alpha value is -1.29. The number of hydrogen-bond donors (Lipinski definition) is 0. The molecule has 1 atom stereocenters. The maximum Gasteiger partial charge on any atom is 0.240 e. The molecule has 0 aromatic heterocycles. The Labute approximate surface area is 124 Å². The second-order valence-electron chi connectivity index (χ2n) is 5.10. The van der Waals surface area contributed by atoms with E-state index in [1.165, 1.54) is 0 Å². The Morgan fingerprint density at radius 3 is 2.70 bits per heavy atom. The highest BCUT2D eigenvalue weighted by molar-refractivity contribution is 8.01. The van der Waals surface area contributed by atoms with Crippen LogP contribution in [0.25, 0.3) is 0 Å². The summed E-state index contributed by atoms with van der Waals surface area (Å²) in [5, 5.41) is -0.0263. The summed E-state index contributed by atoms with van der Waals surface area (Å²) in [7, 11) is 0. The van der Waals surface area contributed by atoms with E-state index in [2.05, 4.69) is 6.92 Å². The molecule has 0 bridgehead atoms. The molecule has 0 radical (unpaired) electrons. The van der Waals surface area contributed by atoms with E-state index in [4.69, 9.17) is 0 Å². The van der Waals surface area contributed by atoms with Crippen LogP contribution in [0.3, 0.4) is 0 Å². The molecule has 0 saturated carbocycles. The van der Waals surface area contributed by atoms with Gasteiger partial charge in [0.25, 0.3) is 0 Å². The van der Waals surface area contributed by atoms with Crippen LogP contribution in [0.1, 0.15) is 50.4 Å². The lowest BCUT2D eigenvalue weighted by Crippen LogP contribution is -2.41. The molecule has 0 saturated heterocycles. The third-order valence-electron chi connectivity index (χ3n) is 3.57. The number of anilines is 1. The number of amides is 1. The maximum absolute atomic E-state index is 12.5. The molecular weight excluding hydrogens is 270 g/mol. The number of carbonyl (C=O) groups excluding carboxylic acids is 2. The zero-order valence-electron chi connectivity index (χ0n) is 12.3. The van der Waals surface area contributed by atoms with E-state index in [1.54, 1.807) is 18.7 Å². The summed E-state index contributed by atoms with van der Waals surface area (Å²) in [6.45, 7) is 6.50. The number of fused-ring (bicyclic) bond motifs is 1. The van der Waals surface area contributed by atoms with Crippen molar-refractivity contribution in [1.29, 1.82) is 0 Å². The molecule has 4 heteroatoms. The molecule has 1 aromatic carbocycles. The van der Waals surface area contributed by atoms with Crippen LogP contribution in [0.2, 0.25) is 0 Å². The van der Waals surface area contributed by atoms with Crippen LogP contribution in [0.4, 0.5) is 5.69 Å². The lowest BCUT2D eigenvalue weighted by molar-refractivity contribution is -0.118. The number of Topliss-reactive ketones (excluding diaryl/α,β-unsaturated/α-hetero) is 1. The molecule has 0 spiro atoms. The minimum Gasteiger partial charge on any atom is -0.310 e. The number of rotatable bonds is 5. The minimum absolute atomic E-state index is 0.0263. The molecule has 2 rings (SSSR count). The normalized spacial score (nSPS) is 18.1. The SMILES string of the molecule is CCCCN1C(=O)C(CC)Sc2cc(C(C)=O)ccc21. The topological polar surface area (TPSA) is 37.4 Å². The van der Waals surface area contributed by atoms with Crippen molar-refractivity contribution < 1.29 is 9.59 Å². The van der Waals surface area contributed by atoms with Crippen LogP contribution in [-0.2, 0) is 4.79 Å². The van der Waals surface area contributed by atoms with E-state index in [0.717, 1.165) is 42.0 Å². The van der Waals surface area contributed by atoms with Crippen LogP contribution in [0.15, 0.2) is 23.1 Å². The molecule has 1 aliphatic heterocycles. The lowest BCUT2D eigenvalue weighted by atomic mass is 10.1. The first kappa shape index (κ1) is 15.1.